The van der Waals surface area contributed by atoms with Crippen molar-refractivity contribution in [2.45, 2.75) is 26.8 Å². The maximum absolute atomic E-state index is 12.6. The van der Waals surface area contributed by atoms with Crippen molar-refractivity contribution in [1.82, 2.24) is 9.80 Å². The second-order valence-electron chi connectivity index (χ2n) is 6.91. The Labute approximate surface area is 145 Å². The maximum Gasteiger partial charge on any atom is 0.239 e. The SMILES string of the molecule is Cc1ccc(N2CCN(C(C)C(=O)N3CCOCC3)CC2)cc1C. The second-order valence-corrected chi connectivity index (χ2v) is 6.91. The van der Waals surface area contributed by atoms with E-state index in [9.17, 15) is 4.79 Å². The molecule has 2 aliphatic rings. The van der Waals surface area contributed by atoms with Gasteiger partial charge in [0.15, 0.2) is 0 Å². The van der Waals surface area contributed by atoms with Crippen molar-refractivity contribution < 1.29 is 9.53 Å². The van der Waals surface area contributed by atoms with Crippen LogP contribution in [0.15, 0.2) is 18.2 Å². The minimum atomic E-state index is -0.0370. The van der Waals surface area contributed by atoms with Crippen LogP contribution in [0, 0.1) is 13.8 Å². The summed E-state index contributed by atoms with van der Waals surface area (Å²) in [6.45, 7) is 13.0. The number of anilines is 1. The highest BCUT2D eigenvalue weighted by molar-refractivity contribution is 5.81. The third-order valence-corrected chi connectivity index (χ3v) is 5.40. The summed E-state index contributed by atoms with van der Waals surface area (Å²) in [5.74, 6) is 0.248. The molecule has 0 aromatic heterocycles. The van der Waals surface area contributed by atoms with Gasteiger partial charge in [0, 0.05) is 45.0 Å². The van der Waals surface area contributed by atoms with Gasteiger partial charge < -0.3 is 14.5 Å². The zero-order chi connectivity index (χ0) is 17.1. The monoisotopic (exact) mass is 331 g/mol. The maximum atomic E-state index is 12.6. The number of piperazine rings is 1. The van der Waals surface area contributed by atoms with Crippen molar-refractivity contribution in [2.75, 3.05) is 57.4 Å². The van der Waals surface area contributed by atoms with Gasteiger partial charge in [0.1, 0.15) is 0 Å². The molecule has 1 atom stereocenters. The molecule has 0 spiro atoms. The number of rotatable bonds is 3. The Morgan fingerprint density at radius 1 is 1.00 bits per heavy atom. The Morgan fingerprint density at radius 2 is 1.67 bits per heavy atom. The predicted molar refractivity (Wildman–Crippen MR) is 96.6 cm³/mol. The average Bonchev–Trinajstić information content (AvgIpc) is 2.63. The van der Waals surface area contributed by atoms with E-state index in [0.29, 0.717) is 13.2 Å². The number of hydrogen-bond donors (Lipinski definition) is 0. The lowest BCUT2D eigenvalue weighted by Crippen LogP contribution is -2.56. The fraction of sp³-hybridized carbons (Fsp3) is 0.632. The molecule has 1 aromatic rings. The zero-order valence-corrected chi connectivity index (χ0v) is 15.1. The summed E-state index contributed by atoms with van der Waals surface area (Å²) in [6.07, 6.45) is 0. The lowest BCUT2D eigenvalue weighted by atomic mass is 10.1. The number of morpholine rings is 1. The Morgan fingerprint density at radius 3 is 2.29 bits per heavy atom. The van der Waals surface area contributed by atoms with Crippen LogP contribution in [0.1, 0.15) is 18.1 Å². The molecule has 24 heavy (non-hydrogen) atoms. The van der Waals surface area contributed by atoms with E-state index >= 15 is 0 Å². The van der Waals surface area contributed by atoms with E-state index in [1.54, 1.807) is 0 Å². The van der Waals surface area contributed by atoms with Crippen LogP contribution in [0.25, 0.3) is 0 Å². The molecule has 0 saturated carbocycles. The first-order chi connectivity index (χ1) is 11.6. The summed E-state index contributed by atoms with van der Waals surface area (Å²) in [7, 11) is 0. The zero-order valence-electron chi connectivity index (χ0n) is 15.1. The molecule has 2 aliphatic heterocycles. The van der Waals surface area contributed by atoms with Crippen LogP contribution in [0.5, 0.6) is 0 Å². The second kappa shape index (κ2) is 7.53. The van der Waals surface area contributed by atoms with Gasteiger partial charge in [-0.1, -0.05) is 6.07 Å². The van der Waals surface area contributed by atoms with Crippen molar-refractivity contribution in [3.8, 4) is 0 Å². The lowest BCUT2D eigenvalue weighted by Gasteiger charge is -2.40. The summed E-state index contributed by atoms with van der Waals surface area (Å²) in [5, 5.41) is 0. The van der Waals surface area contributed by atoms with E-state index < -0.39 is 0 Å². The molecule has 3 rings (SSSR count). The fourth-order valence-corrected chi connectivity index (χ4v) is 3.49. The van der Waals surface area contributed by atoms with Crippen LogP contribution >= 0.6 is 0 Å². The molecule has 2 fully saturated rings. The number of hydrogen-bond acceptors (Lipinski definition) is 4. The van der Waals surface area contributed by atoms with Gasteiger partial charge in [-0.15, -0.1) is 0 Å². The highest BCUT2D eigenvalue weighted by atomic mass is 16.5. The molecule has 5 nitrogen and oxygen atoms in total. The fourth-order valence-electron chi connectivity index (χ4n) is 3.49. The van der Waals surface area contributed by atoms with E-state index in [1.807, 2.05) is 11.8 Å². The van der Waals surface area contributed by atoms with E-state index in [2.05, 4.69) is 41.8 Å². The molecular weight excluding hydrogens is 302 g/mol. The minimum absolute atomic E-state index is 0.0370. The molecule has 1 unspecified atom stereocenters. The minimum Gasteiger partial charge on any atom is -0.378 e. The molecule has 5 heteroatoms. The molecule has 2 heterocycles. The topological polar surface area (TPSA) is 36.0 Å². The smallest absolute Gasteiger partial charge is 0.239 e. The first kappa shape index (κ1) is 17.2. The molecule has 0 bridgehead atoms. The number of aryl methyl sites for hydroxylation is 2. The molecule has 2 saturated heterocycles. The third-order valence-electron chi connectivity index (χ3n) is 5.40. The molecule has 1 aromatic carbocycles. The molecule has 132 valence electrons. The van der Waals surface area contributed by atoms with Crippen LogP contribution in [-0.4, -0.2) is 74.2 Å². The number of ether oxygens (including phenoxy) is 1. The van der Waals surface area contributed by atoms with Gasteiger partial charge in [-0.25, -0.2) is 0 Å². The van der Waals surface area contributed by atoms with Crippen LogP contribution in [0.2, 0.25) is 0 Å². The van der Waals surface area contributed by atoms with Crippen LogP contribution < -0.4 is 4.90 Å². The lowest BCUT2D eigenvalue weighted by molar-refractivity contribution is -0.140. The van der Waals surface area contributed by atoms with E-state index in [1.165, 1.54) is 16.8 Å². The largest absolute Gasteiger partial charge is 0.378 e. The van der Waals surface area contributed by atoms with Crippen molar-refractivity contribution in [3.63, 3.8) is 0 Å². The van der Waals surface area contributed by atoms with E-state index in [4.69, 9.17) is 4.74 Å². The molecule has 0 N–H and O–H groups in total. The average molecular weight is 331 g/mol. The van der Waals surface area contributed by atoms with Gasteiger partial charge >= 0.3 is 0 Å². The third kappa shape index (κ3) is 3.73. The quantitative estimate of drug-likeness (QED) is 0.844. The van der Waals surface area contributed by atoms with Gasteiger partial charge in [0.2, 0.25) is 5.91 Å². The van der Waals surface area contributed by atoms with Crippen LogP contribution in [0.3, 0.4) is 0 Å². The molecule has 0 radical (unpaired) electrons. The summed E-state index contributed by atoms with van der Waals surface area (Å²) in [4.78, 5) is 19.3. The summed E-state index contributed by atoms with van der Waals surface area (Å²) >= 11 is 0. The normalized spacial score (nSPS) is 21.0. The molecule has 1 amide bonds. The number of amides is 1. The Bertz CT molecular complexity index is 576. The van der Waals surface area contributed by atoms with Crippen molar-refractivity contribution in [3.05, 3.63) is 29.3 Å². The number of carbonyl (C=O) groups excluding carboxylic acids is 1. The molecule has 0 aliphatic carbocycles. The first-order valence-electron chi connectivity index (χ1n) is 8.99. The predicted octanol–water partition coefficient (Wildman–Crippen LogP) is 1.67. The van der Waals surface area contributed by atoms with Crippen molar-refractivity contribution in [2.24, 2.45) is 0 Å². The molecular formula is C19H29N3O2. The van der Waals surface area contributed by atoms with Crippen molar-refractivity contribution >= 4 is 11.6 Å². The Balaban J connectivity index is 1.55. The van der Waals surface area contributed by atoms with Crippen molar-refractivity contribution in [1.29, 1.82) is 0 Å². The highest BCUT2D eigenvalue weighted by Gasteiger charge is 2.29. The summed E-state index contributed by atoms with van der Waals surface area (Å²) < 4.78 is 5.34. The first-order valence-corrected chi connectivity index (χ1v) is 8.99. The van der Waals surface area contributed by atoms with Gasteiger partial charge in [-0.05, 0) is 44.0 Å². The summed E-state index contributed by atoms with van der Waals surface area (Å²) in [5.41, 5.74) is 3.97. The van der Waals surface area contributed by atoms with E-state index in [-0.39, 0.29) is 11.9 Å². The number of nitrogens with zero attached hydrogens (tertiary/aromatic N) is 3. The summed E-state index contributed by atoms with van der Waals surface area (Å²) in [6, 6.07) is 6.64. The van der Waals surface area contributed by atoms with Gasteiger partial charge in [0.25, 0.3) is 0 Å². The van der Waals surface area contributed by atoms with Crippen LogP contribution in [-0.2, 0) is 9.53 Å². The van der Waals surface area contributed by atoms with Gasteiger partial charge in [0.05, 0.1) is 19.3 Å². The standard InChI is InChI=1S/C19H29N3O2/c1-15-4-5-18(14-16(15)2)21-8-6-20(7-9-21)17(3)19(23)22-10-12-24-13-11-22/h4-5,14,17H,6-13H2,1-3H3. The highest BCUT2D eigenvalue weighted by Crippen LogP contribution is 2.21. The van der Waals surface area contributed by atoms with Crippen LogP contribution in [0.4, 0.5) is 5.69 Å². The van der Waals surface area contributed by atoms with Gasteiger partial charge in [-0.3, -0.25) is 9.69 Å². The van der Waals surface area contributed by atoms with E-state index in [0.717, 1.165) is 39.3 Å². The van der Waals surface area contributed by atoms with Gasteiger partial charge in [-0.2, -0.15) is 0 Å². The number of carbonyl (C=O) groups is 1. The Hall–Kier alpha value is -1.59. The Kier molecular flexibility index (Phi) is 5.41. The number of benzene rings is 1.